The van der Waals surface area contributed by atoms with E-state index in [-0.39, 0.29) is 29.3 Å². The van der Waals surface area contributed by atoms with Gasteiger partial charge in [0.2, 0.25) is 0 Å². The zero-order valence-corrected chi connectivity index (χ0v) is 16.5. The van der Waals surface area contributed by atoms with Crippen molar-refractivity contribution in [2.24, 2.45) is 5.92 Å². The van der Waals surface area contributed by atoms with Crippen molar-refractivity contribution in [2.75, 3.05) is 24.5 Å². The molecular weight excluding hydrogens is 378 g/mol. The number of pyridine rings is 1. The summed E-state index contributed by atoms with van der Waals surface area (Å²) in [6.07, 6.45) is 6.15. The molecule has 3 aromatic rings. The number of anilines is 1. The van der Waals surface area contributed by atoms with E-state index in [1.165, 1.54) is 0 Å². The Morgan fingerprint density at radius 3 is 2.73 bits per heavy atom. The third-order valence-corrected chi connectivity index (χ3v) is 6.18. The lowest BCUT2D eigenvalue weighted by Crippen LogP contribution is -2.52. The summed E-state index contributed by atoms with van der Waals surface area (Å²) in [5, 5.41) is 3.05. The van der Waals surface area contributed by atoms with Crippen molar-refractivity contribution in [1.29, 1.82) is 0 Å². The van der Waals surface area contributed by atoms with Gasteiger partial charge in [0.1, 0.15) is 5.82 Å². The number of aromatic nitrogens is 3. The second-order valence-electron chi connectivity index (χ2n) is 7.96. The fourth-order valence-electron chi connectivity index (χ4n) is 4.83. The smallest absolute Gasteiger partial charge is 0.251 e. The van der Waals surface area contributed by atoms with Crippen LogP contribution in [-0.4, -0.2) is 40.1 Å². The second kappa shape index (κ2) is 7.74. The highest BCUT2D eigenvalue weighted by molar-refractivity contribution is 5.94. The first-order chi connectivity index (χ1) is 14.7. The highest BCUT2D eigenvalue weighted by Crippen LogP contribution is 2.41. The number of carbonyl (C=O) groups is 1. The van der Waals surface area contributed by atoms with Gasteiger partial charge in [-0.15, -0.1) is 0 Å². The van der Waals surface area contributed by atoms with Crippen molar-refractivity contribution < 1.29 is 4.79 Å². The number of carbonyl (C=O) groups excluding carboxylic acids is 1. The molecule has 7 heteroatoms. The number of hydrogen-bond acceptors (Lipinski definition) is 5. The molecule has 1 N–H and O–H groups in total. The molecule has 0 saturated carbocycles. The predicted molar refractivity (Wildman–Crippen MR) is 114 cm³/mol. The van der Waals surface area contributed by atoms with Gasteiger partial charge in [-0.1, -0.05) is 24.3 Å². The minimum absolute atomic E-state index is 0.00545. The van der Waals surface area contributed by atoms with Crippen LogP contribution in [0.2, 0.25) is 0 Å². The molecule has 2 aliphatic heterocycles. The first-order valence-corrected chi connectivity index (χ1v) is 10.3. The van der Waals surface area contributed by atoms with Crippen molar-refractivity contribution in [3.8, 4) is 0 Å². The van der Waals surface area contributed by atoms with Crippen LogP contribution < -0.4 is 15.8 Å². The maximum atomic E-state index is 12.8. The molecule has 3 atom stereocenters. The molecule has 1 aromatic carbocycles. The van der Waals surface area contributed by atoms with Crippen LogP contribution in [-0.2, 0) is 0 Å². The molecule has 0 aliphatic carbocycles. The molecule has 152 valence electrons. The van der Waals surface area contributed by atoms with E-state index in [0.29, 0.717) is 12.1 Å². The van der Waals surface area contributed by atoms with Gasteiger partial charge < -0.3 is 14.8 Å². The maximum absolute atomic E-state index is 12.8. The van der Waals surface area contributed by atoms with Crippen LogP contribution in [0.3, 0.4) is 0 Å². The average molecular weight is 401 g/mol. The first kappa shape index (κ1) is 18.5. The van der Waals surface area contributed by atoms with Gasteiger partial charge in [0, 0.05) is 55.3 Å². The summed E-state index contributed by atoms with van der Waals surface area (Å²) in [5.74, 6) is 1.21. The monoisotopic (exact) mass is 401 g/mol. The molecule has 1 amide bonds. The summed E-state index contributed by atoms with van der Waals surface area (Å²) in [6.45, 7) is 2.00. The summed E-state index contributed by atoms with van der Waals surface area (Å²) >= 11 is 0. The number of benzene rings is 1. The van der Waals surface area contributed by atoms with E-state index in [2.05, 4.69) is 20.2 Å². The number of fused-ring (bicyclic) bond motifs is 4. The van der Waals surface area contributed by atoms with Crippen LogP contribution in [0.4, 0.5) is 5.82 Å². The summed E-state index contributed by atoms with van der Waals surface area (Å²) in [4.78, 5) is 36.3. The number of amides is 1. The van der Waals surface area contributed by atoms with E-state index in [1.54, 1.807) is 36.8 Å². The fraction of sp³-hybridized carbons (Fsp3) is 0.304. The molecule has 7 nitrogen and oxygen atoms in total. The summed E-state index contributed by atoms with van der Waals surface area (Å²) in [5.41, 5.74) is 1.65. The van der Waals surface area contributed by atoms with Gasteiger partial charge in [-0.3, -0.25) is 14.6 Å². The third-order valence-electron chi connectivity index (χ3n) is 6.18. The quantitative estimate of drug-likeness (QED) is 0.725. The fourth-order valence-corrected chi connectivity index (χ4v) is 4.83. The summed E-state index contributed by atoms with van der Waals surface area (Å²) in [7, 11) is 0. The molecule has 0 radical (unpaired) electrons. The number of nitrogens with one attached hydrogen (secondary N) is 1. The van der Waals surface area contributed by atoms with Crippen LogP contribution in [0.15, 0.2) is 71.9 Å². The van der Waals surface area contributed by atoms with Crippen molar-refractivity contribution in [3.63, 3.8) is 0 Å². The van der Waals surface area contributed by atoms with E-state index in [0.717, 1.165) is 31.0 Å². The van der Waals surface area contributed by atoms with Crippen molar-refractivity contribution in [1.82, 2.24) is 19.9 Å². The second-order valence-corrected chi connectivity index (χ2v) is 7.96. The molecule has 0 spiro atoms. The molecule has 0 unspecified atom stereocenters. The lowest BCUT2D eigenvalue weighted by atomic mass is 9.78. The Kier molecular flexibility index (Phi) is 4.78. The first-order valence-electron chi connectivity index (χ1n) is 10.3. The van der Waals surface area contributed by atoms with Crippen LogP contribution in [0, 0.1) is 5.92 Å². The normalized spacial score (nSPS) is 22.3. The van der Waals surface area contributed by atoms with E-state index >= 15 is 0 Å². The third kappa shape index (κ3) is 3.36. The SMILES string of the molecule is O=C(NC[C@H]1[C@H]2C[C@H](CN(c3cnccn3)C2)c2cccc(=O)n21)c1ccccc1. The molecule has 30 heavy (non-hydrogen) atoms. The molecule has 1 fully saturated rings. The van der Waals surface area contributed by atoms with Gasteiger partial charge in [-0.05, 0) is 30.5 Å². The van der Waals surface area contributed by atoms with E-state index in [1.807, 2.05) is 34.9 Å². The van der Waals surface area contributed by atoms with Gasteiger partial charge in [0.15, 0.2) is 0 Å². The van der Waals surface area contributed by atoms with Gasteiger partial charge >= 0.3 is 0 Å². The van der Waals surface area contributed by atoms with Crippen LogP contribution >= 0.6 is 0 Å². The topological polar surface area (TPSA) is 80.1 Å². The highest BCUT2D eigenvalue weighted by atomic mass is 16.1. The lowest BCUT2D eigenvalue weighted by Gasteiger charge is -2.47. The zero-order valence-electron chi connectivity index (χ0n) is 16.5. The Bertz CT molecular complexity index is 1100. The molecule has 2 aliphatic rings. The summed E-state index contributed by atoms with van der Waals surface area (Å²) in [6, 6.07) is 14.5. The van der Waals surface area contributed by atoms with Gasteiger partial charge in [0.05, 0.1) is 12.2 Å². The van der Waals surface area contributed by atoms with Crippen molar-refractivity contribution in [2.45, 2.75) is 18.4 Å². The van der Waals surface area contributed by atoms with Gasteiger partial charge in [-0.2, -0.15) is 0 Å². The predicted octanol–water partition coefficient (Wildman–Crippen LogP) is 2.23. The van der Waals surface area contributed by atoms with Crippen LogP contribution in [0.5, 0.6) is 0 Å². The molecular formula is C23H23N5O2. The van der Waals surface area contributed by atoms with Crippen molar-refractivity contribution >= 4 is 11.7 Å². The Morgan fingerprint density at radius 1 is 1.07 bits per heavy atom. The van der Waals surface area contributed by atoms with E-state index in [4.69, 9.17) is 0 Å². The molecule has 2 bridgehead atoms. The van der Waals surface area contributed by atoms with Gasteiger partial charge in [-0.25, -0.2) is 4.98 Å². The zero-order chi connectivity index (χ0) is 20.5. The largest absolute Gasteiger partial charge is 0.354 e. The van der Waals surface area contributed by atoms with Crippen LogP contribution in [0.1, 0.15) is 34.4 Å². The number of piperidine rings is 1. The van der Waals surface area contributed by atoms with E-state index < -0.39 is 0 Å². The number of nitrogens with zero attached hydrogens (tertiary/aromatic N) is 4. The standard InChI is InChI=1S/C23H23N5O2/c29-22-8-4-7-19-17-11-18(15-27(14-17)21-13-24-9-10-25-21)20(28(19)22)12-26-23(30)16-5-2-1-3-6-16/h1-10,13,17-18,20H,11-12,14-15H2,(H,26,30)/t17-,18+,20+/m1/s1. The van der Waals surface area contributed by atoms with Gasteiger partial charge in [0.25, 0.3) is 11.5 Å². The van der Waals surface area contributed by atoms with Crippen LogP contribution in [0.25, 0.3) is 0 Å². The minimum Gasteiger partial charge on any atom is -0.354 e. The van der Waals surface area contributed by atoms with E-state index in [9.17, 15) is 9.59 Å². The molecule has 4 heterocycles. The Labute approximate surface area is 174 Å². The minimum atomic E-state index is -0.121. The molecule has 5 rings (SSSR count). The Balaban J connectivity index is 1.45. The molecule has 2 aromatic heterocycles. The Hall–Kier alpha value is -3.48. The molecule has 1 saturated heterocycles. The number of rotatable bonds is 4. The average Bonchev–Trinajstić information content (AvgIpc) is 2.80. The van der Waals surface area contributed by atoms with Crippen molar-refractivity contribution in [3.05, 3.63) is 88.7 Å². The maximum Gasteiger partial charge on any atom is 0.251 e. The number of hydrogen-bond donors (Lipinski definition) is 1. The Morgan fingerprint density at radius 2 is 1.93 bits per heavy atom. The summed E-state index contributed by atoms with van der Waals surface area (Å²) < 4.78 is 1.90. The highest BCUT2D eigenvalue weighted by Gasteiger charge is 2.41. The lowest BCUT2D eigenvalue weighted by molar-refractivity contribution is 0.0934.